The maximum atomic E-state index is 10.1. The topological polar surface area (TPSA) is 65.0 Å². The van der Waals surface area contributed by atoms with E-state index in [1.54, 1.807) is 6.07 Å². The monoisotopic (exact) mass is 239 g/mol. The van der Waals surface area contributed by atoms with Gasteiger partial charge in [-0.05, 0) is 11.6 Å². The molecule has 0 saturated carbocycles. The molecule has 13 heavy (non-hydrogen) atoms. The van der Waals surface area contributed by atoms with E-state index >= 15 is 0 Å². The van der Waals surface area contributed by atoms with Gasteiger partial charge < -0.3 is 4.55 Å². The maximum absolute atomic E-state index is 10.1. The van der Waals surface area contributed by atoms with Gasteiger partial charge in [0.2, 0.25) is 0 Å². The Morgan fingerprint density at radius 2 is 2.31 bits per heavy atom. The van der Waals surface area contributed by atoms with Crippen molar-refractivity contribution in [2.24, 2.45) is 0 Å². The molecule has 1 atom stereocenters. The first-order chi connectivity index (χ1) is 6.09. The summed E-state index contributed by atoms with van der Waals surface area (Å²) in [6.07, 6.45) is 1.45. The zero-order valence-corrected chi connectivity index (χ0v) is 8.62. The Balaban J connectivity index is 2.68. The van der Waals surface area contributed by atoms with Crippen molar-refractivity contribution in [3.63, 3.8) is 0 Å². The fourth-order valence-electron chi connectivity index (χ4n) is 0.700. The van der Waals surface area contributed by atoms with Crippen LogP contribution in [-0.4, -0.2) is 13.7 Å². The van der Waals surface area contributed by atoms with Crippen LogP contribution in [0.2, 0.25) is 10.2 Å². The summed E-state index contributed by atoms with van der Waals surface area (Å²) in [5.74, 6) is 0. The molecule has 1 aromatic heterocycles. The lowest BCUT2D eigenvalue weighted by atomic mass is 10.3. The molecular formula is C6H5Cl2N2O2S-. The van der Waals surface area contributed by atoms with Gasteiger partial charge in [0, 0.05) is 24.0 Å². The normalized spacial score (nSPS) is 12.8. The highest BCUT2D eigenvalue weighted by molar-refractivity contribution is 7.77. The molecule has 0 aliphatic carbocycles. The molecule has 1 aromatic rings. The second-order valence-electron chi connectivity index (χ2n) is 2.17. The number of nitrogens with zero attached hydrogens (tertiary/aromatic N) is 1. The zero-order valence-electron chi connectivity index (χ0n) is 6.29. The van der Waals surface area contributed by atoms with E-state index in [-0.39, 0.29) is 11.7 Å². The van der Waals surface area contributed by atoms with Crippen molar-refractivity contribution in [3.05, 3.63) is 28.0 Å². The fraction of sp³-hybridized carbons (Fsp3) is 0.167. The number of pyridine rings is 1. The van der Waals surface area contributed by atoms with Gasteiger partial charge in [-0.3, -0.25) is 4.21 Å². The van der Waals surface area contributed by atoms with Crippen molar-refractivity contribution in [2.75, 3.05) is 0 Å². The number of hydrogen-bond acceptors (Lipinski definition) is 3. The molecule has 1 rings (SSSR count). The van der Waals surface area contributed by atoms with Gasteiger partial charge in [-0.15, -0.1) is 0 Å². The molecular weight excluding hydrogens is 235 g/mol. The summed E-state index contributed by atoms with van der Waals surface area (Å²) >= 11 is 8.93. The highest BCUT2D eigenvalue weighted by Crippen LogP contribution is 2.19. The van der Waals surface area contributed by atoms with Crippen molar-refractivity contribution in [3.8, 4) is 0 Å². The Morgan fingerprint density at radius 3 is 2.85 bits per heavy atom. The van der Waals surface area contributed by atoms with Crippen molar-refractivity contribution < 1.29 is 8.76 Å². The van der Waals surface area contributed by atoms with Crippen molar-refractivity contribution in [1.29, 1.82) is 0 Å². The summed E-state index contributed by atoms with van der Waals surface area (Å²) in [5, 5.41) is 0.506. The Kier molecular flexibility index (Phi) is 4.08. The first-order valence-corrected chi connectivity index (χ1v) is 5.05. The molecule has 72 valence electrons. The van der Waals surface area contributed by atoms with Crippen LogP contribution in [0.4, 0.5) is 0 Å². The van der Waals surface area contributed by atoms with Crippen LogP contribution in [0.25, 0.3) is 0 Å². The molecule has 4 nitrogen and oxygen atoms in total. The van der Waals surface area contributed by atoms with Gasteiger partial charge in [0.15, 0.2) is 0 Å². The van der Waals surface area contributed by atoms with E-state index in [1.807, 2.05) is 0 Å². The van der Waals surface area contributed by atoms with Crippen molar-refractivity contribution >= 4 is 34.5 Å². The summed E-state index contributed by atoms with van der Waals surface area (Å²) in [5.41, 5.74) is 0.651. The molecule has 0 fully saturated rings. The Labute approximate surface area is 87.7 Å². The maximum Gasteiger partial charge on any atom is 0.147 e. The first-order valence-electron chi connectivity index (χ1n) is 3.22. The van der Waals surface area contributed by atoms with Gasteiger partial charge in [0.1, 0.15) is 5.15 Å². The highest BCUT2D eigenvalue weighted by atomic mass is 35.5. The molecule has 0 spiro atoms. The fourth-order valence-corrected chi connectivity index (χ4v) is 1.28. The Morgan fingerprint density at radius 1 is 1.62 bits per heavy atom. The molecule has 0 radical (unpaired) electrons. The van der Waals surface area contributed by atoms with E-state index < -0.39 is 11.3 Å². The van der Waals surface area contributed by atoms with Gasteiger partial charge in [-0.2, -0.15) is 0 Å². The molecule has 1 unspecified atom stereocenters. The van der Waals surface area contributed by atoms with Gasteiger partial charge in [0.05, 0.1) is 5.02 Å². The van der Waals surface area contributed by atoms with E-state index in [4.69, 9.17) is 23.2 Å². The second kappa shape index (κ2) is 4.88. The lowest BCUT2D eigenvalue weighted by Gasteiger charge is -2.06. The minimum atomic E-state index is -2.28. The van der Waals surface area contributed by atoms with Crippen LogP contribution in [0.3, 0.4) is 0 Å². The van der Waals surface area contributed by atoms with Crippen LogP contribution in [0.5, 0.6) is 0 Å². The van der Waals surface area contributed by atoms with Gasteiger partial charge >= 0.3 is 0 Å². The van der Waals surface area contributed by atoms with Gasteiger partial charge in [0.25, 0.3) is 0 Å². The third kappa shape index (κ3) is 3.58. The predicted molar refractivity (Wildman–Crippen MR) is 50.0 cm³/mol. The van der Waals surface area contributed by atoms with E-state index in [0.717, 1.165) is 0 Å². The summed E-state index contributed by atoms with van der Waals surface area (Å²) in [7, 11) is 0. The van der Waals surface area contributed by atoms with Crippen LogP contribution in [0.1, 0.15) is 5.56 Å². The largest absolute Gasteiger partial charge is 0.760 e. The van der Waals surface area contributed by atoms with Crippen LogP contribution < -0.4 is 4.72 Å². The van der Waals surface area contributed by atoms with E-state index in [2.05, 4.69) is 9.71 Å². The molecule has 1 heterocycles. The third-order valence-corrected chi connectivity index (χ3v) is 2.31. The molecule has 0 aliphatic rings. The summed E-state index contributed by atoms with van der Waals surface area (Å²) in [6, 6.07) is 1.55. The average Bonchev–Trinajstić information content (AvgIpc) is 2.07. The highest BCUT2D eigenvalue weighted by Gasteiger charge is 1.99. The molecule has 1 N–H and O–H groups in total. The van der Waals surface area contributed by atoms with E-state index in [1.165, 1.54) is 6.20 Å². The third-order valence-electron chi connectivity index (χ3n) is 1.25. The quantitative estimate of drug-likeness (QED) is 0.639. The van der Waals surface area contributed by atoms with E-state index in [9.17, 15) is 8.76 Å². The zero-order chi connectivity index (χ0) is 9.84. The Bertz CT molecular complexity index is 334. The van der Waals surface area contributed by atoms with Crippen molar-refractivity contribution in [1.82, 2.24) is 9.71 Å². The van der Waals surface area contributed by atoms with Crippen LogP contribution in [0, 0.1) is 0 Å². The molecule has 7 heteroatoms. The van der Waals surface area contributed by atoms with Crippen LogP contribution in [-0.2, 0) is 17.8 Å². The van der Waals surface area contributed by atoms with E-state index in [0.29, 0.717) is 10.6 Å². The van der Waals surface area contributed by atoms with Crippen molar-refractivity contribution in [2.45, 2.75) is 6.54 Å². The molecule has 0 aliphatic heterocycles. The lowest BCUT2D eigenvalue weighted by molar-refractivity contribution is 0.522. The minimum Gasteiger partial charge on any atom is -0.760 e. The molecule has 0 bridgehead atoms. The van der Waals surface area contributed by atoms with Crippen LogP contribution >= 0.6 is 23.2 Å². The average molecular weight is 240 g/mol. The van der Waals surface area contributed by atoms with Gasteiger partial charge in [-0.1, -0.05) is 23.2 Å². The number of aromatic nitrogens is 1. The summed E-state index contributed by atoms with van der Waals surface area (Å²) in [6.45, 7) is 0.153. The molecule has 0 saturated heterocycles. The first kappa shape index (κ1) is 10.9. The standard InChI is InChI=1S/C6H6Cl2N2O2S/c7-5-1-4(2-9-6(5)8)3-10-13(11)12/h1-2,10H,3H2,(H,11,12)/p-1. The predicted octanol–water partition coefficient (Wildman–Crippen LogP) is 1.27. The number of rotatable bonds is 3. The molecule has 0 aromatic carbocycles. The number of hydrogen-bond donors (Lipinski definition) is 1. The Hall–Kier alpha value is -0.200. The SMILES string of the molecule is O=S([O-])NCc1cnc(Cl)c(Cl)c1. The molecule has 0 amide bonds. The van der Waals surface area contributed by atoms with Gasteiger partial charge in [-0.25, -0.2) is 9.71 Å². The number of halogens is 2. The number of nitrogens with one attached hydrogen (secondary N) is 1. The minimum absolute atomic E-state index is 0.153. The second-order valence-corrected chi connectivity index (χ2v) is 3.70. The summed E-state index contributed by atoms with van der Waals surface area (Å²) < 4.78 is 22.5. The summed E-state index contributed by atoms with van der Waals surface area (Å²) in [4.78, 5) is 3.75. The smallest absolute Gasteiger partial charge is 0.147 e. The lowest BCUT2D eigenvalue weighted by Crippen LogP contribution is -2.15. The van der Waals surface area contributed by atoms with Crippen LogP contribution in [0.15, 0.2) is 12.3 Å².